The van der Waals surface area contributed by atoms with Gasteiger partial charge in [-0.05, 0) is 37.8 Å². The number of nitrogens with one attached hydrogen (secondary N) is 1. The van der Waals surface area contributed by atoms with Crippen molar-refractivity contribution in [1.29, 1.82) is 0 Å². The van der Waals surface area contributed by atoms with E-state index in [1.165, 1.54) is 5.69 Å². The Morgan fingerprint density at radius 2 is 1.77 bits per heavy atom. The smallest absolute Gasteiger partial charge is 0.211 e. The predicted molar refractivity (Wildman–Crippen MR) is 105 cm³/mol. The molecule has 0 aliphatic carbocycles. The summed E-state index contributed by atoms with van der Waals surface area (Å²) < 4.78 is 32.8. The summed E-state index contributed by atoms with van der Waals surface area (Å²) in [5.41, 5.74) is 1.26. The molecule has 0 bridgehead atoms. The molecule has 0 amide bonds. The van der Waals surface area contributed by atoms with Crippen molar-refractivity contribution >= 4 is 15.7 Å². The quantitative estimate of drug-likeness (QED) is 0.776. The molecular formula is C19H31N3O3S. The third-order valence-electron chi connectivity index (χ3n) is 5.45. The van der Waals surface area contributed by atoms with Crippen molar-refractivity contribution in [2.45, 2.75) is 25.8 Å². The second kappa shape index (κ2) is 9.17. The van der Waals surface area contributed by atoms with E-state index in [-0.39, 0.29) is 17.7 Å². The second-order valence-electron chi connectivity index (χ2n) is 7.39. The maximum absolute atomic E-state index is 12.3. The third-order valence-corrected chi connectivity index (χ3v) is 6.97. The van der Waals surface area contributed by atoms with Crippen LogP contribution in [0.1, 0.15) is 19.8 Å². The summed E-state index contributed by atoms with van der Waals surface area (Å²) in [5, 5.41) is 0. The molecule has 1 aromatic carbocycles. The van der Waals surface area contributed by atoms with E-state index >= 15 is 0 Å². The van der Waals surface area contributed by atoms with E-state index in [1.807, 2.05) is 6.07 Å². The normalized spacial score (nSPS) is 21.7. The van der Waals surface area contributed by atoms with Crippen LogP contribution in [0, 0.1) is 5.92 Å². The first-order valence-electron chi connectivity index (χ1n) is 9.62. The fourth-order valence-corrected chi connectivity index (χ4v) is 5.29. The fraction of sp³-hybridized carbons (Fsp3) is 0.684. The lowest BCUT2D eigenvalue weighted by Crippen LogP contribution is -2.52. The zero-order chi connectivity index (χ0) is 18.4. The van der Waals surface area contributed by atoms with Gasteiger partial charge in [-0.25, -0.2) is 13.1 Å². The van der Waals surface area contributed by atoms with Gasteiger partial charge in [-0.15, -0.1) is 0 Å². The molecule has 26 heavy (non-hydrogen) atoms. The van der Waals surface area contributed by atoms with Crippen LogP contribution in [-0.2, 0) is 14.8 Å². The molecule has 1 aromatic rings. The highest BCUT2D eigenvalue weighted by molar-refractivity contribution is 7.89. The summed E-state index contributed by atoms with van der Waals surface area (Å²) in [7, 11) is -3.21. The van der Waals surface area contributed by atoms with Gasteiger partial charge < -0.3 is 9.64 Å². The van der Waals surface area contributed by atoms with Crippen LogP contribution in [0.5, 0.6) is 0 Å². The molecule has 7 heteroatoms. The molecule has 3 rings (SSSR count). The highest BCUT2D eigenvalue weighted by atomic mass is 32.2. The maximum atomic E-state index is 12.3. The van der Waals surface area contributed by atoms with Crippen molar-refractivity contribution in [3.8, 4) is 0 Å². The van der Waals surface area contributed by atoms with Crippen LogP contribution in [0.2, 0.25) is 0 Å². The molecule has 0 radical (unpaired) electrons. The Morgan fingerprint density at radius 3 is 2.42 bits per heavy atom. The average molecular weight is 382 g/mol. The monoisotopic (exact) mass is 381 g/mol. The summed E-state index contributed by atoms with van der Waals surface area (Å²) in [6.07, 6.45) is 1.69. The van der Waals surface area contributed by atoms with E-state index in [0.717, 1.165) is 39.0 Å². The second-order valence-corrected chi connectivity index (χ2v) is 9.24. The Labute approximate surface area is 157 Å². The lowest BCUT2D eigenvalue weighted by molar-refractivity contribution is 0.0723. The van der Waals surface area contributed by atoms with Gasteiger partial charge in [-0.3, -0.25) is 4.90 Å². The van der Waals surface area contributed by atoms with Crippen LogP contribution in [0.4, 0.5) is 5.69 Å². The van der Waals surface area contributed by atoms with Crippen molar-refractivity contribution in [1.82, 2.24) is 9.62 Å². The number of nitrogens with zero attached hydrogens (tertiary/aromatic N) is 2. The number of hydrogen-bond donors (Lipinski definition) is 1. The van der Waals surface area contributed by atoms with Crippen LogP contribution < -0.4 is 9.62 Å². The van der Waals surface area contributed by atoms with Crippen LogP contribution in [-0.4, -0.2) is 71.0 Å². The van der Waals surface area contributed by atoms with Gasteiger partial charge in [0.1, 0.15) is 0 Å². The summed E-state index contributed by atoms with van der Waals surface area (Å²) in [4.78, 5) is 4.76. The van der Waals surface area contributed by atoms with Crippen molar-refractivity contribution in [3.63, 3.8) is 0 Å². The number of piperazine rings is 1. The van der Waals surface area contributed by atoms with Gasteiger partial charge in [0, 0.05) is 57.7 Å². The lowest BCUT2D eigenvalue weighted by Gasteiger charge is -2.39. The van der Waals surface area contributed by atoms with E-state index in [1.54, 1.807) is 0 Å². The van der Waals surface area contributed by atoms with E-state index in [4.69, 9.17) is 4.74 Å². The molecule has 2 aliphatic heterocycles. The Kier molecular flexibility index (Phi) is 6.92. The SMILES string of the molecule is C[C@H](CNS(=O)(=O)CC1CCOCC1)N1CCN(c2ccccc2)CC1. The highest BCUT2D eigenvalue weighted by Gasteiger charge is 2.25. The van der Waals surface area contributed by atoms with Crippen molar-refractivity contribution in [2.75, 3.05) is 56.6 Å². The molecule has 0 unspecified atom stereocenters. The molecule has 2 saturated heterocycles. The Balaban J connectivity index is 1.41. The Morgan fingerprint density at radius 1 is 1.12 bits per heavy atom. The van der Waals surface area contributed by atoms with E-state index in [2.05, 4.69) is 45.7 Å². The first-order valence-corrected chi connectivity index (χ1v) is 11.3. The summed E-state index contributed by atoms with van der Waals surface area (Å²) in [6, 6.07) is 10.7. The number of hydrogen-bond acceptors (Lipinski definition) is 5. The number of benzene rings is 1. The van der Waals surface area contributed by atoms with Gasteiger partial charge in [-0.2, -0.15) is 0 Å². The molecule has 2 heterocycles. The van der Waals surface area contributed by atoms with E-state index < -0.39 is 10.0 Å². The summed E-state index contributed by atoms with van der Waals surface area (Å²) >= 11 is 0. The zero-order valence-corrected chi connectivity index (χ0v) is 16.5. The molecule has 6 nitrogen and oxygen atoms in total. The van der Waals surface area contributed by atoms with Crippen LogP contribution in [0.3, 0.4) is 0 Å². The van der Waals surface area contributed by atoms with Crippen LogP contribution >= 0.6 is 0 Å². The molecule has 2 aliphatic rings. The average Bonchev–Trinajstić information content (AvgIpc) is 2.67. The topological polar surface area (TPSA) is 61.9 Å². The molecule has 0 aromatic heterocycles. The van der Waals surface area contributed by atoms with Crippen molar-refractivity contribution in [3.05, 3.63) is 30.3 Å². The molecule has 1 N–H and O–H groups in total. The zero-order valence-electron chi connectivity index (χ0n) is 15.6. The molecule has 0 spiro atoms. The van der Waals surface area contributed by atoms with Gasteiger partial charge in [0.2, 0.25) is 10.0 Å². The lowest BCUT2D eigenvalue weighted by atomic mass is 10.0. The Hall–Kier alpha value is -1.15. The van der Waals surface area contributed by atoms with Gasteiger partial charge in [0.15, 0.2) is 0 Å². The number of sulfonamides is 1. The fourth-order valence-electron chi connectivity index (χ4n) is 3.72. The van der Waals surface area contributed by atoms with Gasteiger partial charge in [0.25, 0.3) is 0 Å². The van der Waals surface area contributed by atoms with E-state index in [9.17, 15) is 8.42 Å². The molecule has 146 valence electrons. The maximum Gasteiger partial charge on any atom is 0.211 e. The standard InChI is InChI=1S/C19H31N3O3S/c1-17(15-20-26(23,24)16-18-7-13-25-14-8-18)21-9-11-22(12-10-21)19-5-3-2-4-6-19/h2-6,17-18,20H,7-16H2,1H3/t17-/m1/s1. The first-order chi connectivity index (χ1) is 12.5. The molecule has 2 fully saturated rings. The minimum atomic E-state index is -3.21. The van der Waals surface area contributed by atoms with Crippen LogP contribution in [0.15, 0.2) is 30.3 Å². The van der Waals surface area contributed by atoms with Gasteiger partial charge in [-0.1, -0.05) is 18.2 Å². The first kappa shape index (κ1) is 19.6. The van der Waals surface area contributed by atoms with Gasteiger partial charge >= 0.3 is 0 Å². The predicted octanol–water partition coefficient (Wildman–Crippen LogP) is 1.54. The molecule has 1 atom stereocenters. The highest BCUT2D eigenvalue weighted by Crippen LogP contribution is 2.18. The summed E-state index contributed by atoms with van der Waals surface area (Å²) in [5.74, 6) is 0.455. The number of anilines is 1. The Bertz CT molecular complexity index is 639. The largest absolute Gasteiger partial charge is 0.381 e. The van der Waals surface area contributed by atoms with Gasteiger partial charge in [0.05, 0.1) is 5.75 Å². The van der Waals surface area contributed by atoms with Crippen LogP contribution in [0.25, 0.3) is 0 Å². The summed E-state index contributed by atoms with van der Waals surface area (Å²) in [6.45, 7) is 7.82. The minimum absolute atomic E-state index is 0.206. The number of rotatable bonds is 7. The van der Waals surface area contributed by atoms with Crippen molar-refractivity contribution in [2.24, 2.45) is 5.92 Å². The third kappa shape index (κ3) is 5.67. The molecule has 0 saturated carbocycles. The van der Waals surface area contributed by atoms with E-state index in [0.29, 0.717) is 19.8 Å². The van der Waals surface area contributed by atoms with Crippen molar-refractivity contribution < 1.29 is 13.2 Å². The molecular weight excluding hydrogens is 350 g/mol. The number of para-hydroxylation sites is 1. The minimum Gasteiger partial charge on any atom is -0.381 e. The number of ether oxygens (including phenoxy) is 1.